The fraction of sp³-hybridized carbons (Fsp3) is 0.556. The number of hydrogen-bond donors (Lipinski definition) is 1. The van der Waals surface area contributed by atoms with Gasteiger partial charge in [0, 0.05) is 6.04 Å². The van der Waals surface area contributed by atoms with Crippen molar-refractivity contribution in [3.05, 3.63) is 29.3 Å². The standard InChI is InChI=1S/C18H24N2O3/c1-4-18(13-9-10-15(23-3)12(2)11-13)16(21)20(17(22)19-18)14-7-5-6-8-14/h9-11,14H,4-8H2,1-3H3,(H,19,22). The molecule has 1 aromatic rings. The Hall–Kier alpha value is -2.04. The number of imide groups is 1. The molecule has 1 aliphatic heterocycles. The summed E-state index contributed by atoms with van der Waals surface area (Å²) in [6.07, 6.45) is 4.54. The van der Waals surface area contributed by atoms with Crippen LogP contribution >= 0.6 is 0 Å². The summed E-state index contributed by atoms with van der Waals surface area (Å²) in [5.74, 6) is 0.672. The van der Waals surface area contributed by atoms with Crippen molar-refractivity contribution in [3.8, 4) is 5.75 Å². The second-order valence-corrected chi connectivity index (χ2v) is 6.49. The summed E-state index contributed by atoms with van der Waals surface area (Å²) in [7, 11) is 1.63. The SMILES string of the molecule is CCC1(c2ccc(OC)c(C)c2)NC(=O)N(C2CCCC2)C1=O. The minimum Gasteiger partial charge on any atom is -0.496 e. The van der Waals surface area contributed by atoms with Crippen molar-refractivity contribution >= 4 is 11.9 Å². The Morgan fingerprint density at radius 3 is 2.57 bits per heavy atom. The van der Waals surface area contributed by atoms with Gasteiger partial charge in [-0.1, -0.05) is 25.8 Å². The second-order valence-electron chi connectivity index (χ2n) is 6.49. The lowest BCUT2D eigenvalue weighted by atomic mass is 9.86. The Kier molecular flexibility index (Phi) is 4.04. The summed E-state index contributed by atoms with van der Waals surface area (Å²) in [5, 5.41) is 2.97. The average molecular weight is 316 g/mol. The van der Waals surface area contributed by atoms with Crippen LogP contribution in [0.5, 0.6) is 5.75 Å². The lowest BCUT2D eigenvalue weighted by Crippen LogP contribution is -2.44. The van der Waals surface area contributed by atoms with Crippen LogP contribution in [0.15, 0.2) is 18.2 Å². The van der Waals surface area contributed by atoms with E-state index in [2.05, 4.69) is 5.32 Å². The first-order valence-electron chi connectivity index (χ1n) is 8.34. The summed E-state index contributed by atoms with van der Waals surface area (Å²) in [6.45, 7) is 3.89. The number of rotatable bonds is 4. The van der Waals surface area contributed by atoms with Gasteiger partial charge in [0.15, 0.2) is 0 Å². The molecule has 1 N–H and O–H groups in total. The van der Waals surface area contributed by atoms with Crippen molar-refractivity contribution in [2.75, 3.05) is 7.11 Å². The first-order valence-corrected chi connectivity index (χ1v) is 8.34. The number of methoxy groups -OCH3 is 1. The van der Waals surface area contributed by atoms with Crippen molar-refractivity contribution in [2.45, 2.75) is 57.5 Å². The Morgan fingerprint density at radius 2 is 2.00 bits per heavy atom. The van der Waals surface area contributed by atoms with Crippen molar-refractivity contribution in [2.24, 2.45) is 0 Å². The third-order valence-electron chi connectivity index (χ3n) is 5.23. The van der Waals surface area contributed by atoms with Crippen LogP contribution in [0.4, 0.5) is 4.79 Å². The van der Waals surface area contributed by atoms with Gasteiger partial charge in [0.2, 0.25) is 0 Å². The summed E-state index contributed by atoms with van der Waals surface area (Å²) < 4.78 is 5.30. The van der Waals surface area contributed by atoms with Crippen LogP contribution in [-0.4, -0.2) is 30.0 Å². The average Bonchev–Trinajstić information content (AvgIpc) is 3.14. The minimum atomic E-state index is -0.948. The zero-order valence-corrected chi connectivity index (χ0v) is 14.0. The van der Waals surface area contributed by atoms with Crippen LogP contribution < -0.4 is 10.1 Å². The Labute approximate surface area is 137 Å². The topological polar surface area (TPSA) is 58.6 Å². The highest BCUT2D eigenvalue weighted by Crippen LogP contribution is 2.37. The van der Waals surface area contributed by atoms with Crippen molar-refractivity contribution < 1.29 is 14.3 Å². The number of carbonyl (C=O) groups excluding carboxylic acids is 2. The third kappa shape index (κ3) is 2.38. The number of aryl methyl sites for hydroxylation is 1. The molecule has 124 valence electrons. The first kappa shape index (κ1) is 15.8. The number of benzene rings is 1. The molecule has 3 rings (SSSR count). The van der Waals surface area contributed by atoms with Gasteiger partial charge >= 0.3 is 6.03 Å². The van der Waals surface area contributed by atoms with Gasteiger partial charge in [0.25, 0.3) is 5.91 Å². The predicted octanol–water partition coefficient (Wildman–Crippen LogP) is 3.10. The number of urea groups is 1. The van der Waals surface area contributed by atoms with E-state index in [4.69, 9.17) is 4.74 Å². The summed E-state index contributed by atoms with van der Waals surface area (Å²) in [6, 6.07) is 5.48. The smallest absolute Gasteiger partial charge is 0.325 e. The number of amides is 3. The van der Waals surface area contributed by atoms with Crippen LogP contribution in [0.2, 0.25) is 0 Å². The number of nitrogens with one attached hydrogen (secondary N) is 1. The number of carbonyl (C=O) groups is 2. The van der Waals surface area contributed by atoms with E-state index in [1.807, 2.05) is 32.0 Å². The molecular weight excluding hydrogens is 292 g/mol. The molecule has 5 nitrogen and oxygen atoms in total. The Balaban J connectivity index is 1.99. The molecule has 0 radical (unpaired) electrons. The molecule has 0 spiro atoms. The molecule has 1 aromatic carbocycles. The maximum absolute atomic E-state index is 13.1. The monoisotopic (exact) mass is 316 g/mol. The molecule has 2 fully saturated rings. The van der Waals surface area contributed by atoms with Gasteiger partial charge < -0.3 is 10.1 Å². The molecule has 1 unspecified atom stereocenters. The van der Waals surface area contributed by atoms with Crippen molar-refractivity contribution in [1.82, 2.24) is 10.2 Å². The molecule has 1 heterocycles. The van der Waals surface area contributed by atoms with E-state index in [1.54, 1.807) is 7.11 Å². The second kappa shape index (κ2) is 5.87. The number of ether oxygens (including phenoxy) is 1. The maximum Gasteiger partial charge on any atom is 0.325 e. The molecule has 23 heavy (non-hydrogen) atoms. The van der Waals surface area contributed by atoms with Crippen molar-refractivity contribution in [3.63, 3.8) is 0 Å². The van der Waals surface area contributed by atoms with Crippen LogP contribution in [0.25, 0.3) is 0 Å². The summed E-state index contributed by atoms with van der Waals surface area (Å²) >= 11 is 0. The highest BCUT2D eigenvalue weighted by Gasteiger charge is 2.53. The lowest BCUT2D eigenvalue weighted by molar-refractivity contribution is -0.133. The van der Waals surface area contributed by atoms with Gasteiger partial charge in [-0.2, -0.15) is 0 Å². The quantitative estimate of drug-likeness (QED) is 0.868. The zero-order chi connectivity index (χ0) is 16.6. The highest BCUT2D eigenvalue weighted by atomic mass is 16.5. The molecule has 5 heteroatoms. The third-order valence-corrected chi connectivity index (χ3v) is 5.23. The van der Waals surface area contributed by atoms with Gasteiger partial charge in [0.05, 0.1) is 7.11 Å². The highest BCUT2D eigenvalue weighted by molar-refractivity contribution is 6.07. The van der Waals surface area contributed by atoms with E-state index in [1.165, 1.54) is 4.90 Å². The van der Waals surface area contributed by atoms with E-state index in [0.29, 0.717) is 6.42 Å². The fourth-order valence-corrected chi connectivity index (χ4v) is 3.87. The molecule has 1 saturated heterocycles. The van der Waals surface area contributed by atoms with Crippen LogP contribution in [0.3, 0.4) is 0 Å². The van der Waals surface area contributed by atoms with Gasteiger partial charge in [-0.3, -0.25) is 9.69 Å². The number of nitrogens with zero attached hydrogens (tertiary/aromatic N) is 1. The van der Waals surface area contributed by atoms with Crippen LogP contribution in [-0.2, 0) is 10.3 Å². The van der Waals surface area contributed by atoms with Gasteiger partial charge in [0.1, 0.15) is 11.3 Å². The fourth-order valence-electron chi connectivity index (χ4n) is 3.87. The molecular formula is C18H24N2O3. The van der Waals surface area contributed by atoms with Crippen molar-refractivity contribution in [1.29, 1.82) is 0 Å². The maximum atomic E-state index is 13.1. The van der Waals surface area contributed by atoms with Crippen LogP contribution in [0, 0.1) is 6.92 Å². The Bertz CT molecular complexity index is 637. The lowest BCUT2D eigenvalue weighted by Gasteiger charge is -2.28. The van der Waals surface area contributed by atoms with Gasteiger partial charge in [-0.05, 0) is 49.4 Å². The van der Waals surface area contributed by atoms with E-state index >= 15 is 0 Å². The molecule has 1 saturated carbocycles. The van der Waals surface area contributed by atoms with E-state index < -0.39 is 5.54 Å². The minimum absolute atomic E-state index is 0.0512. The zero-order valence-electron chi connectivity index (χ0n) is 14.0. The molecule has 0 aromatic heterocycles. The van der Waals surface area contributed by atoms with Gasteiger partial charge in [-0.25, -0.2) is 4.79 Å². The largest absolute Gasteiger partial charge is 0.496 e. The van der Waals surface area contributed by atoms with E-state index in [-0.39, 0.29) is 18.0 Å². The van der Waals surface area contributed by atoms with E-state index in [0.717, 1.165) is 42.6 Å². The van der Waals surface area contributed by atoms with E-state index in [9.17, 15) is 9.59 Å². The Morgan fingerprint density at radius 1 is 1.30 bits per heavy atom. The molecule has 3 amide bonds. The first-order chi connectivity index (χ1) is 11.0. The summed E-state index contributed by atoms with van der Waals surface area (Å²) in [4.78, 5) is 27.1. The van der Waals surface area contributed by atoms with Crippen LogP contribution in [0.1, 0.15) is 50.2 Å². The van der Waals surface area contributed by atoms with Gasteiger partial charge in [-0.15, -0.1) is 0 Å². The normalized spacial score (nSPS) is 25.1. The molecule has 2 aliphatic rings. The summed E-state index contributed by atoms with van der Waals surface area (Å²) in [5.41, 5.74) is 0.841. The number of hydrogen-bond acceptors (Lipinski definition) is 3. The molecule has 1 atom stereocenters. The molecule has 0 bridgehead atoms. The molecule has 1 aliphatic carbocycles. The predicted molar refractivity (Wildman–Crippen MR) is 87.3 cm³/mol.